The number of nitrogens with zero attached hydrogens (tertiary/aromatic N) is 2. The van der Waals surface area contributed by atoms with E-state index >= 15 is 0 Å². The van der Waals surface area contributed by atoms with Crippen molar-refractivity contribution in [3.05, 3.63) is 144 Å². The van der Waals surface area contributed by atoms with Gasteiger partial charge in [0.2, 0.25) is 0 Å². The Morgan fingerprint density at radius 3 is 2.09 bits per heavy atom. The van der Waals surface area contributed by atoms with Crippen molar-refractivity contribution in [2.75, 3.05) is 0 Å². The molecule has 212 valence electrons. The summed E-state index contributed by atoms with van der Waals surface area (Å²) in [4.78, 5) is 5.29. The van der Waals surface area contributed by atoms with E-state index in [1.807, 2.05) is 23.5 Å². The van der Waals surface area contributed by atoms with Gasteiger partial charge in [-0.05, 0) is 46.8 Å². The predicted molar refractivity (Wildman–Crippen MR) is 189 cm³/mol. The van der Waals surface area contributed by atoms with Gasteiger partial charge >= 0.3 is 0 Å². The van der Waals surface area contributed by atoms with Crippen LogP contribution in [-0.2, 0) is 0 Å². The standard InChI is InChI=1S/C40H29ClN2S/c1-25(2)40-42-38(26-11-5-3-6-12-26)39(27-13-7-4-8-14-27)43(40)29-20-21-33-34-23-28(19-22-36(34)44-37(33)24-29)30-15-9-17-32-31(30)16-10-18-35(32)41/h3-25H,1-2H3. The molecule has 0 atom stereocenters. The molecule has 0 aliphatic heterocycles. The Hall–Kier alpha value is -4.70. The summed E-state index contributed by atoms with van der Waals surface area (Å²) in [7, 11) is 0. The van der Waals surface area contributed by atoms with Crippen molar-refractivity contribution in [2.45, 2.75) is 19.8 Å². The third kappa shape index (κ3) is 4.43. The van der Waals surface area contributed by atoms with E-state index in [1.54, 1.807) is 0 Å². The smallest absolute Gasteiger partial charge is 0.117 e. The van der Waals surface area contributed by atoms with Crippen molar-refractivity contribution in [3.8, 4) is 39.3 Å². The maximum absolute atomic E-state index is 6.55. The van der Waals surface area contributed by atoms with Gasteiger partial charge in [0.15, 0.2) is 0 Å². The van der Waals surface area contributed by atoms with Crippen LogP contribution in [0.25, 0.3) is 70.3 Å². The first kappa shape index (κ1) is 26.9. The number of hydrogen-bond donors (Lipinski definition) is 0. The quantitative estimate of drug-likeness (QED) is 0.191. The summed E-state index contributed by atoms with van der Waals surface area (Å²) in [5, 5.41) is 5.58. The maximum Gasteiger partial charge on any atom is 0.117 e. The molecule has 4 heteroatoms. The summed E-state index contributed by atoms with van der Waals surface area (Å²) in [5.41, 5.74) is 7.94. The molecule has 0 radical (unpaired) electrons. The lowest BCUT2D eigenvalue weighted by Gasteiger charge is -2.15. The summed E-state index contributed by atoms with van der Waals surface area (Å²) in [6, 6.07) is 47.4. The molecular weight excluding hydrogens is 576 g/mol. The summed E-state index contributed by atoms with van der Waals surface area (Å²) in [5.74, 6) is 1.30. The number of halogens is 1. The zero-order chi connectivity index (χ0) is 29.8. The Morgan fingerprint density at radius 2 is 1.32 bits per heavy atom. The highest BCUT2D eigenvalue weighted by Gasteiger charge is 2.23. The van der Waals surface area contributed by atoms with E-state index in [4.69, 9.17) is 16.6 Å². The fourth-order valence-corrected chi connectivity index (χ4v) is 7.70. The molecule has 0 saturated heterocycles. The molecule has 0 unspecified atom stereocenters. The van der Waals surface area contributed by atoms with E-state index in [-0.39, 0.29) is 5.92 Å². The molecule has 0 spiro atoms. The highest BCUT2D eigenvalue weighted by atomic mass is 35.5. The Bertz CT molecular complexity index is 2310. The van der Waals surface area contributed by atoms with Gasteiger partial charge in [-0.3, -0.25) is 4.57 Å². The minimum absolute atomic E-state index is 0.241. The van der Waals surface area contributed by atoms with Crippen molar-refractivity contribution in [3.63, 3.8) is 0 Å². The van der Waals surface area contributed by atoms with Gasteiger partial charge in [-0.2, -0.15) is 0 Å². The summed E-state index contributed by atoms with van der Waals surface area (Å²) >= 11 is 8.39. The molecule has 0 N–H and O–H groups in total. The van der Waals surface area contributed by atoms with E-state index in [0.29, 0.717) is 0 Å². The second-order valence-corrected chi connectivity index (χ2v) is 13.0. The molecule has 6 aromatic carbocycles. The average Bonchev–Trinajstić information content (AvgIpc) is 3.64. The zero-order valence-electron chi connectivity index (χ0n) is 24.5. The van der Waals surface area contributed by atoms with Gasteiger partial charge in [0.1, 0.15) is 5.82 Å². The summed E-state index contributed by atoms with van der Waals surface area (Å²) in [6.07, 6.45) is 0. The molecule has 0 saturated carbocycles. The van der Waals surface area contributed by atoms with Crippen molar-refractivity contribution in [1.82, 2.24) is 9.55 Å². The van der Waals surface area contributed by atoms with Gasteiger partial charge in [0.25, 0.3) is 0 Å². The van der Waals surface area contributed by atoms with Crippen LogP contribution in [0.4, 0.5) is 0 Å². The number of thiophene rings is 1. The molecule has 0 fully saturated rings. The van der Waals surface area contributed by atoms with E-state index < -0.39 is 0 Å². The van der Waals surface area contributed by atoms with E-state index in [0.717, 1.165) is 44.4 Å². The third-order valence-corrected chi connectivity index (χ3v) is 9.87. The van der Waals surface area contributed by atoms with Gasteiger partial charge in [0.05, 0.1) is 11.4 Å². The fourth-order valence-electron chi connectivity index (χ4n) is 6.34. The lowest BCUT2D eigenvalue weighted by molar-refractivity contribution is 0.754. The third-order valence-electron chi connectivity index (χ3n) is 8.41. The number of fused-ring (bicyclic) bond motifs is 4. The van der Waals surface area contributed by atoms with Crippen molar-refractivity contribution in [1.29, 1.82) is 0 Å². The molecule has 0 aliphatic rings. The monoisotopic (exact) mass is 604 g/mol. The second kappa shape index (κ2) is 10.8. The van der Waals surface area contributed by atoms with Gasteiger partial charge in [0, 0.05) is 53.3 Å². The highest BCUT2D eigenvalue weighted by Crippen LogP contribution is 2.42. The predicted octanol–water partition coefficient (Wildman–Crippen LogP) is 12.2. The van der Waals surface area contributed by atoms with Crippen molar-refractivity contribution in [2.24, 2.45) is 0 Å². The van der Waals surface area contributed by atoms with E-state index in [9.17, 15) is 0 Å². The molecule has 44 heavy (non-hydrogen) atoms. The molecule has 0 bridgehead atoms. The normalized spacial score (nSPS) is 11.7. The molecular formula is C40H29ClN2S. The minimum atomic E-state index is 0.241. The van der Waals surface area contributed by atoms with Gasteiger partial charge in [-0.1, -0.05) is 129 Å². The lowest BCUT2D eigenvalue weighted by Crippen LogP contribution is -2.04. The van der Waals surface area contributed by atoms with Crippen LogP contribution in [-0.4, -0.2) is 9.55 Å². The summed E-state index contributed by atoms with van der Waals surface area (Å²) < 4.78 is 4.92. The summed E-state index contributed by atoms with van der Waals surface area (Å²) in [6.45, 7) is 4.45. The van der Waals surface area contributed by atoms with Gasteiger partial charge in [-0.15, -0.1) is 11.3 Å². The lowest BCUT2D eigenvalue weighted by atomic mass is 9.97. The van der Waals surface area contributed by atoms with E-state index in [2.05, 4.69) is 140 Å². The Kier molecular flexibility index (Phi) is 6.59. The van der Waals surface area contributed by atoms with Crippen LogP contribution in [0.3, 0.4) is 0 Å². The van der Waals surface area contributed by atoms with Gasteiger partial charge in [-0.25, -0.2) is 4.98 Å². The number of rotatable bonds is 5. The molecule has 2 nitrogen and oxygen atoms in total. The van der Waals surface area contributed by atoms with Gasteiger partial charge < -0.3 is 0 Å². The van der Waals surface area contributed by atoms with Crippen LogP contribution in [0, 0.1) is 0 Å². The zero-order valence-corrected chi connectivity index (χ0v) is 26.0. The minimum Gasteiger partial charge on any atom is -0.295 e. The van der Waals surface area contributed by atoms with Crippen LogP contribution in [0.1, 0.15) is 25.6 Å². The SMILES string of the molecule is CC(C)c1nc(-c2ccccc2)c(-c2ccccc2)n1-c1ccc2c(c1)sc1ccc(-c3cccc4c(Cl)cccc34)cc12. The Morgan fingerprint density at radius 1 is 0.591 bits per heavy atom. The Balaban J connectivity index is 1.33. The first-order valence-electron chi connectivity index (χ1n) is 14.9. The highest BCUT2D eigenvalue weighted by molar-refractivity contribution is 7.25. The first-order chi connectivity index (χ1) is 21.6. The second-order valence-electron chi connectivity index (χ2n) is 11.5. The van der Waals surface area contributed by atoms with Crippen molar-refractivity contribution >= 4 is 53.9 Å². The number of imidazole rings is 1. The average molecular weight is 605 g/mol. The largest absolute Gasteiger partial charge is 0.295 e. The molecule has 0 amide bonds. The topological polar surface area (TPSA) is 17.8 Å². The van der Waals surface area contributed by atoms with Crippen LogP contribution in [0.2, 0.25) is 5.02 Å². The first-order valence-corrected chi connectivity index (χ1v) is 16.1. The molecule has 8 aromatic rings. The molecule has 2 aromatic heterocycles. The maximum atomic E-state index is 6.55. The molecule has 2 heterocycles. The molecule has 8 rings (SSSR count). The Labute approximate surface area is 265 Å². The van der Waals surface area contributed by atoms with Crippen LogP contribution < -0.4 is 0 Å². The number of aromatic nitrogens is 2. The van der Waals surface area contributed by atoms with Crippen LogP contribution in [0.15, 0.2) is 133 Å². The van der Waals surface area contributed by atoms with Crippen LogP contribution >= 0.6 is 22.9 Å². The van der Waals surface area contributed by atoms with Crippen LogP contribution in [0.5, 0.6) is 0 Å². The number of benzene rings is 6. The van der Waals surface area contributed by atoms with E-state index in [1.165, 1.54) is 36.7 Å². The van der Waals surface area contributed by atoms with Crippen molar-refractivity contribution < 1.29 is 0 Å². The molecule has 0 aliphatic carbocycles. The number of hydrogen-bond acceptors (Lipinski definition) is 2. The fraction of sp³-hybridized carbons (Fsp3) is 0.0750.